The number of allylic oxidation sites excluding steroid dienone is 1. The van der Waals surface area contributed by atoms with Crippen molar-refractivity contribution in [1.82, 2.24) is 0 Å². The van der Waals surface area contributed by atoms with Crippen LogP contribution in [-0.2, 0) is 18.7 Å². The number of ketones is 1. The van der Waals surface area contributed by atoms with Gasteiger partial charge in [0, 0.05) is 0 Å². The van der Waals surface area contributed by atoms with E-state index in [-0.39, 0.29) is 23.5 Å². The number of rotatable bonds is 5. The van der Waals surface area contributed by atoms with E-state index >= 15 is 0 Å². The number of ether oxygens (including phenoxy) is 2. The van der Waals surface area contributed by atoms with Crippen molar-refractivity contribution in [3.63, 3.8) is 0 Å². The van der Waals surface area contributed by atoms with Gasteiger partial charge in [-0.05, 0) is 45.8 Å². The molecular formula is C17H32O4Si. The third-order valence-corrected chi connectivity index (χ3v) is 8.80. The monoisotopic (exact) mass is 328 g/mol. The van der Waals surface area contributed by atoms with Crippen molar-refractivity contribution < 1.29 is 18.7 Å². The van der Waals surface area contributed by atoms with Crippen LogP contribution in [0, 0.1) is 0 Å². The van der Waals surface area contributed by atoms with Crippen LogP contribution in [0.4, 0.5) is 0 Å². The molecule has 1 rings (SSSR count). The first kappa shape index (κ1) is 19.6. The highest BCUT2D eigenvalue weighted by molar-refractivity contribution is 6.74. The molecule has 128 valence electrons. The van der Waals surface area contributed by atoms with Gasteiger partial charge >= 0.3 is 0 Å². The molecule has 1 aliphatic heterocycles. The van der Waals surface area contributed by atoms with Gasteiger partial charge < -0.3 is 13.9 Å². The average molecular weight is 329 g/mol. The average Bonchev–Trinajstić information content (AvgIpc) is 2.59. The maximum atomic E-state index is 12.6. The van der Waals surface area contributed by atoms with Gasteiger partial charge in [0.15, 0.2) is 26.0 Å². The first-order chi connectivity index (χ1) is 9.75. The largest absolute Gasteiger partial charge is 0.409 e. The third-order valence-electron chi connectivity index (χ3n) is 4.33. The molecule has 0 aromatic carbocycles. The quantitative estimate of drug-likeness (QED) is 0.564. The molecule has 0 N–H and O–H groups in total. The van der Waals surface area contributed by atoms with Crippen LogP contribution in [0.1, 0.15) is 48.5 Å². The van der Waals surface area contributed by atoms with Crippen LogP contribution < -0.4 is 0 Å². The van der Waals surface area contributed by atoms with Crippen molar-refractivity contribution >= 4 is 14.1 Å². The molecule has 0 amide bonds. The molecule has 0 saturated carbocycles. The van der Waals surface area contributed by atoms with Crippen LogP contribution in [-0.4, -0.2) is 38.7 Å². The summed E-state index contributed by atoms with van der Waals surface area (Å²) in [6.07, 6.45) is 1.02. The Morgan fingerprint density at radius 3 is 2.23 bits per heavy atom. The summed E-state index contributed by atoms with van der Waals surface area (Å²) < 4.78 is 17.6. The second-order valence-electron chi connectivity index (χ2n) is 8.28. The van der Waals surface area contributed by atoms with Crippen LogP contribution >= 0.6 is 0 Å². The van der Waals surface area contributed by atoms with Crippen LogP contribution in [0.3, 0.4) is 0 Å². The van der Waals surface area contributed by atoms with Gasteiger partial charge in [-0.1, -0.05) is 32.4 Å². The highest BCUT2D eigenvalue weighted by atomic mass is 28.4. The second kappa shape index (κ2) is 6.55. The molecule has 1 fully saturated rings. The van der Waals surface area contributed by atoms with Crippen LogP contribution in [0.15, 0.2) is 11.6 Å². The topological polar surface area (TPSA) is 44.8 Å². The van der Waals surface area contributed by atoms with Gasteiger partial charge in [-0.2, -0.15) is 0 Å². The lowest BCUT2D eigenvalue weighted by Crippen LogP contribution is -2.44. The van der Waals surface area contributed by atoms with Crippen molar-refractivity contribution in [2.75, 3.05) is 6.61 Å². The molecule has 2 atom stereocenters. The Kier molecular flexibility index (Phi) is 5.82. The number of hydrogen-bond donors (Lipinski definition) is 0. The fraction of sp³-hybridized carbons (Fsp3) is 0.824. The Morgan fingerprint density at radius 2 is 1.77 bits per heavy atom. The van der Waals surface area contributed by atoms with Crippen LogP contribution in [0.5, 0.6) is 0 Å². The predicted molar refractivity (Wildman–Crippen MR) is 91.4 cm³/mol. The van der Waals surface area contributed by atoms with Crippen LogP contribution in [0.25, 0.3) is 0 Å². The number of hydrogen-bond acceptors (Lipinski definition) is 4. The van der Waals surface area contributed by atoms with Crippen molar-refractivity contribution in [2.45, 2.75) is 84.6 Å². The third kappa shape index (κ3) is 5.01. The minimum Gasteiger partial charge on any atom is -0.409 e. The molecule has 5 heteroatoms. The Morgan fingerprint density at radius 1 is 1.23 bits per heavy atom. The van der Waals surface area contributed by atoms with Gasteiger partial charge in [0.1, 0.15) is 6.10 Å². The van der Waals surface area contributed by atoms with E-state index in [1.807, 2.05) is 33.8 Å². The van der Waals surface area contributed by atoms with Gasteiger partial charge in [-0.15, -0.1) is 0 Å². The highest BCUT2D eigenvalue weighted by Crippen LogP contribution is 2.37. The van der Waals surface area contributed by atoms with Gasteiger partial charge in [0.2, 0.25) is 0 Å². The molecule has 22 heavy (non-hydrogen) atoms. The van der Waals surface area contributed by atoms with Crippen molar-refractivity contribution in [1.29, 1.82) is 0 Å². The van der Waals surface area contributed by atoms with Crippen molar-refractivity contribution in [2.24, 2.45) is 0 Å². The van der Waals surface area contributed by atoms with E-state index in [1.54, 1.807) is 0 Å². The smallest absolute Gasteiger partial charge is 0.192 e. The fourth-order valence-corrected chi connectivity index (χ4v) is 2.98. The summed E-state index contributed by atoms with van der Waals surface area (Å²) in [7, 11) is -1.94. The summed E-state index contributed by atoms with van der Waals surface area (Å²) in [5.74, 6) is -0.786. The van der Waals surface area contributed by atoms with E-state index in [2.05, 4.69) is 33.9 Å². The molecule has 1 aliphatic rings. The molecule has 0 aromatic rings. The zero-order valence-electron chi connectivity index (χ0n) is 15.6. The number of Topliss-reactive ketones (excluding diaryl/α,β-unsaturated/α-hetero) is 1. The first-order valence-corrected chi connectivity index (χ1v) is 10.8. The summed E-state index contributed by atoms with van der Waals surface area (Å²) in [6.45, 7) is 18.5. The van der Waals surface area contributed by atoms with Gasteiger partial charge in [-0.3, -0.25) is 4.79 Å². The maximum absolute atomic E-state index is 12.6. The lowest BCUT2D eigenvalue weighted by atomic mass is 10.1. The SMILES string of the molecule is CC(C)=C[C@@H]1OC(C)(C)O[C@@H]1C(=O)CO[Si](C)(C)C(C)(C)C. The Hall–Kier alpha value is -0.493. The summed E-state index contributed by atoms with van der Waals surface area (Å²) >= 11 is 0. The van der Waals surface area contributed by atoms with Crippen molar-refractivity contribution in [3.05, 3.63) is 11.6 Å². The summed E-state index contributed by atoms with van der Waals surface area (Å²) in [5.41, 5.74) is 1.11. The van der Waals surface area contributed by atoms with Crippen molar-refractivity contribution in [3.8, 4) is 0 Å². The summed E-state index contributed by atoms with van der Waals surface area (Å²) in [6, 6.07) is 0. The number of carbonyl (C=O) groups is 1. The molecule has 0 aliphatic carbocycles. The summed E-state index contributed by atoms with van der Waals surface area (Å²) in [4.78, 5) is 12.6. The molecule has 0 bridgehead atoms. The van der Waals surface area contributed by atoms with Gasteiger partial charge in [-0.25, -0.2) is 0 Å². The predicted octanol–water partition coefficient (Wildman–Crippen LogP) is 4.06. The lowest BCUT2D eigenvalue weighted by molar-refractivity contribution is -0.154. The zero-order chi connectivity index (χ0) is 17.3. The minimum absolute atomic E-state index is 0.0436. The Labute approximate surface area is 136 Å². The fourth-order valence-electron chi connectivity index (χ4n) is 2.04. The maximum Gasteiger partial charge on any atom is 0.192 e. The van der Waals surface area contributed by atoms with E-state index in [1.165, 1.54) is 0 Å². The lowest BCUT2D eigenvalue weighted by Gasteiger charge is -2.36. The zero-order valence-corrected chi connectivity index (χ0v) is 16.6. The Bertz CT molecular complexity index is 442. The molecular weight excluding hydrogens is 296 g/mol. The van der Waals surface area contributed by atoms with Crippen LogP contribution in [0.2, 0.25) is 18.1 Å². The molecule has 4 nitrogen and oxygen atoms in total. The molecule has 1 heterocycles. The standard InChI is InChI=1S/C17H32O4Si/c1-12(2)10-14-15(21-17(6,7)20-14)13(18)11-19-22(8,9)16(3,4)5/h10,14-15H,11H2,1-9H3/t14-,15+/m0/s1. The molecule has 1 saturated heterocycles. The summed E-state index contributed by atoms with van der Waals surface area (Å²) in [5, 5.41) is 0.0822. The van der Waals surface area contributed by atoms with E-state index in [0.29, 0.717) is 0 Å². The number of carbonyl (C=O) groups excluding carboxylic acids is 1. The molecule has 0 spiro atoms. The first-order valence-electron chi connectivity index (χ1n) is 7.92. The normalized spacial score (nSPS) is 25.1. The van der Waals surface area contributed by atoms with Gasteiger partial charge in [0.05, 0.1) is 6.61 Å². The van der Waals surface area contributed by atoms with E-state index < -0.39 is 20.2 Å². The van der Waals surface area contributed by atoms with E-state index in [0.717, 1.165) is 5.57 Å². The van der Waals surface area contributed by atoms with E-state index in [4.69, 9.17) is 13.9 Å². The van der Waals surface area contributed by atoms with Gasteiger partial charge in [0.25, 0.3) is 0 Å². The molecule has 0 aromatic heterocycles. The Balaban J connectivity index is 2.77. The minimum atomic E-state index is -1.94. The highest BCUT2D eigenvalue weighted by Gasteiger charge is 2.45. The second-order valence-corrected chi connectivity index (χ2v) is 13.1. The molecule has 0 unspecified atom stereocenters. The van der Waals surface area contributed by atoms with E-state index in [9.17, 15) is 4.79 Å². The molecule has 0 radical (unpaired) electrons.